The Hall–Kier alpha value is -3.77. The highest BCUT2D eigenvalue weighted by Gasteiger charge is 2.51. The van der Waals surface area contributed by atoms with E-state index in [0.717, 1.165) is 57.7 Å². The second-order valence-corrected chi connectivity index (χ2v) is 9.31. The Morgan fingerprint density at radius 3 is 2.17 bits per heavy atom. The Kier molecular flexibility index (Phi) is 6.22. The summed E-state index contributed by atoms with van der Waals surface area (Å²) in [5.41, 5.74) is 6.05. The maximum Gasteiger partial charge on any atom is 0.314 e. The van der Waals surface area contributed by atoms with Crippen molar-refractivity contribution in [1.29, 1.82) is 0 Å². The van der Waals surface area contributed by atoms with Crippen LogP contribution in [0, 0.1) is 6.92 Å². The molecule has 2 heterocycles. The van der Waals surface area contributed by atoms with Crippen LogP contribution >= 0.6 is 0 Å². The first-order valence-electron chi connectivity index (χ1n) is 12.0. The Morgan fingerprint density at radius 1 is 0.971 bits per heavy atom. The van der Waals surface area contributed by atoms with Crippen LogP contribution in [0.1, 0.15) is 54.2 Å². The van der Waals surface area contributed by atoms with E-state index in [1.54, 1.807) is 12.4 Å². The van der Waals surface area contributed by atoms with Crippen molar-refractivity contribution in [2.45, 2.75) is 50.5 Å². The van der Waals surface area contributed by atoms with E-state index in [2.05, 4.69) is 10.1 Å². The van der Waals surface area contributed by atoms with Gasteiger partial charge in [-0.2, -0.15) is 0 Å². The Labute approximate surface area is 204 Å². The molecule has 5 rings (SSSR count). The summed E-state index contributed by atoms with van der Waals surface area (Å²) in [6.07, 6.45) is 6.50. The largest absolute Gasteiger partial charge is 0.481 e. The summed E-state index contributed by atoms with van der Waals surface area (Å²) in [4.78, 5) is 15.6. The molecule has 0 spiro atoms. The standard InChI is InChI=1S/C29H28N2O4/c1-19-25(3-2-4-26(32)22-13-17-30-18-14-22)27(35-31-19)23-7-5-20(6-8-23)21-9-11-24(12-10-21)29(15-16-29)28(33)34/h5-14,17-18,26,32H,2-4,15-16H2,1H3,(H,33,34). The average Bonchev–Trinajstić information content (AvgIpc) is 3.63. The topological polar surface area (TPSA) is 96.5 Å². The minimum absolute atomic E-state index is 0.516. The molecule has 0 amide bonds. The highest BCUT2D eigenvalue weighted by atomic mass is 16.5. The van der Waals surface area contributed by atoms with Gasteiger partial charge in [-0.3, -0.25) is 9.78 Å². The third kappa shape index (κ3) is 4.62. The van der Waals surface area contributed by atoms with Gasteiger partial charge in [0.2, 0.25) is 0 Å². The van der Waals surface area contributed by atoms with Crippen LogP contribution in [0.5, 0.6) is 0 Å². The number of aliphatic hydroxyl groups is 1. The molecule has 1 aliphatic carbocycles. The highest BCUT2D eigenvalue weighted by molar-refractivity contribution is 5.85. The van der Waals surface area contributed by atoms with E-state index in [0.29, 0.717) is 19.3 Å². The van der Waals surface area contributed by atoms with Gasteiger partial charge in [-0.05, 0) is 73.4 Å². The molecule has 35 heavy (non-hydrogen) atoms. The van der Waals surface area contributed by atoms with Crippen molar-refractivity contribution in [3.63, 3.8) is 0 Å². The average molecular weight is 469 g/mol. The molecule has 1 atom stereocenters. The minimum atomic E-state index is -0.736. The van der Waals surface area contributed by atoms with Crippen molar-refractivity contribution < 1.29 is 19.5 Å². The molecule has 1 aliphatic rings. The first kappa shape index (κ1) is 23.0. The predicted octanol–water partition coefficient (Wildman–Crippen LogP) is 5.88. The van der Waals surface area contributed by atoms with Gasteiger partial charge < -0.3 is 14.7 Å². The lowest BCUT2D eigenvalue weighted by Gasteiger charge is -2.11. The molecule has 6 heteroatoms. The Morgan fingerprint density at radius 2 is 1.57 bits per heavy atom. The molecule has 2 N–H and O–H groups in total. The number of hydrogen-bond acceptors (Lipinski definition) is 5. The van der Waals surface area contributed by atoms with E-state index in [1.807, 2.05) is 67.6 Å². The van der Waals surface area contributed by atoms with Gasteiger partial charge >= 0.3 is 5.97 Å². The lowest BCUT2D eigenvalue weighted by Crippen LogP contribution is -2.19. The highest BCUT2D eigenvalue weighted by Crippen LogP contribution is 2.48. The van der Waals surface area contributed by atoms with Crippen molar-refractivity contribution in [1.82, 2.24) is 10.1 Å². The minimum Gasteiger partial charge on any atom is -0.481 e. The van der Waals surface area contributed by atoms with Gasteiger partial charge in [-0.25, -0.2) is 0 Å². The van der Waals surface area contributed by atoms with Crippen molar-refractivity contribution in [2.24, 2.45) is 0 Å². The third-order valence-electron chi connectivity index (χ3n) is 7.06. The summed E-state index contributed by atoms with van der Waals surface area (Å²) in [6, 6.07) is 19.7. The Bertz CT molecular complexity index is 1310. The van der Waals surface area contributed by atoms with Crippen LogP contribution in [-0.2, 0) is 16.6 Å². The lowest BCUT2D eigenvalue weighted by molar-refractivity contribution is -0.140. The summed E-state index contributed by atoms with van der Waals surface area (Å²) in [5.74, 6) is 0.0274. The first-order valence-corrected chi connectivity index (χ1v) is 12.0. The maximum absolute atomic E-state index is 11.6. The van der Waals surface area contributed by atoms with Crippen LogP contribution in [0.25, 0.3) is 22.5 Å². The molecule has 178 valence electrons. The smallest absolute Gasteiger partial charge is 0.314 e. The zero-order chi connectivity index (χ0) is 24.4. The molecule has 0 bridgehead atoms. The quantitative estimate of drug-likeness (QED) is 0.318. The molecule has 0 radical (unpaired) electrons. The number of pyridine rings is 1. The number of carbonyl (C=O) groups is 1. The number of aliphatic carboxylic acids is 1. The fraction of sp³-hybridized carbons (Fsp3) is 0.276. The molecule has 6 nitrogen and oxygen atoms in total. The molecule has 4 aromatic rings. The number of carboxylic acid groups (broad SMARTS) is 1. The van der Waals surface area contributed by atoms with Crippen LogP contribution in [-0.4, -0.2) is 26.3 Å². The van der Waals surface area contributed by atoms with Crippen molar-refractivity contribution in [3.05, 3.63) is 95.4 Å². The van der Waals surface area contributed by atoms with E-state index < -0.39 is 17.5 Å². The maximum atomic E-state index is 11.6. The summed E-state index contributed by atoms with van der Waals surface area (Å²) < 4.78 is 5.68. The van der Waals surface area contributed by atoms with E-state index in [4.69, 9.17) is 4.52 Å². The van der Waals surface area contributed by atoms with Gasteiger partial charge in [0.15, 0.2) is 5.76 Å². The van der Waals surface area contributed by atoms with Gasteiger partial charge in [0, 0.05) is 23.5 Å². The molecule has 0 aliphatic heterocycles. The van der Waals surface area contributed by atoms with Gasteiger partial charge in [0.25, 0.3) is 0 Å². The van der Waals surface area contributed by atoms with Crippen molar-refractivity contribution >= 4 is 5.97 Å². The normalized spacial score (nSPS) is 15.0. The molecule has 2 aromatic carbocycles. The number of aromatic nitrogens is 2. The molecule has 2 aromatic heterocycles. The van der Waals surface area contributed by atoms with Crippen LogP contribution < -0.4 is 0 Å². The number of carboxylic acids is 1. The van der Waals surface area contributed by atoms with Gasteiger partial charge in [-0.15, -0.1) is 0 Å². The van der Waals surface area contributed by atoms with Crippen LogP contribution in [0.15, 0.2) is 77.6 Å². The lowest BCUT2D eigenvalue weighted by atomic mass is 9.93. The zero-order valence-corrected chi connectivity index (χ0v) is 19.6. The molecule has 0 saturated heterocycles. The molecule has 1 saturated carbocycles. The second-order valence-electron chi connectivity index (χ2n) is 9.31. The SMILES string of the molecule is Cc1noc(-c2ccc(-c3ccc(C4(C(=O)O)CC4)cc3)cc2)c1CCCC(O)c1ccncc1. The molecule has 1 fully saturated rings. The fourth-order valence-electron chi connectivity index (χ4n) is 4.68. The summed E-state index contributed by atoms with van der Waals surface area (Å²) in [6.45, 7) is 1.95. The monoisotopic (exact) mass is 468 g/mol. The van der Waals surface area contributed by atoms with Crippen LogP contribution in [0.3, 0.4) is 0 Å². The summed E-state index contributed by atoms with van der Waals surface area (Å²) in [5, 5.41) is 24.1. The number of nitrogens with zero attached hydrogens (tertiary/aromatic N) is 2. The number of aryl methyl sites for hydroxylation is 1. The summed E-state index contributed by atoms with van der Waals surface area (Å²) in [7, 11) is 0. The number of aliphatic hydroxyl groups excluding tert-OH is 1. The second kappa shape index (κ2) is 9.47. The van der Waals surface area contributed by atoms with Gasteiger partial charge in [-0.1, -0.05) is 53.7 Å². The van der Waals surface area contributed by atoms with Gasteiger partial charge in [0.05, 0.1) is 17.2 Å². The predicted molar refractivity (Wildman–Crippen MR) is 133 cm³/mol. The molecule has 1 unspecified atom stereocenters. The van der Waals surface area contributed by atoms with Crippen molar-refractivity contribution in [3.8, 4) is 22.5 Å². The summed E-state index contributed by atoms with van der Waals surface area (Å²) >= 11 is 0. The van der Waals surface area contributed by atoms with Gasteiger partial charge in [0.1, 0.15) is 0 Å². The number of rotatable bonds is 9. The number of benzene rings is 2. The number of hydrogen-bond donors (Lipinski definition) is 2. The van der Waals surface area contributed by atoms with E-state index in [1.165, 1.54) is 0 Å². The fourth-order valence-corrected chi connectivity index (χ4v) is 4.68. The van der Waals surface area contributed by atoms with Crippen LogP contribution in [0.2, 0.25) is 0 Å². The third-order valence-corrected chi connectivity index (χ3v) is 7.06. The van der Waals surface area contributed by atoms with Crippen LogP contribution in [0.4, 0.5) is 0 Å². The molecular weight excluding hydrogens is 440 g/mol. The van der Waals surface area contributed by atoms with Crippen molar-refractivity contribution in [2.75, 3.05) is 0 Å². The Balaban J connectivity index is 1.27. The van der Waals surface area contributed by atoms with E-state index in [9.17, 15) is 15.0 Å². The van der Waals surface area contributed by atoms with E-state index in [-0.39, 0.29) is 0 Å². The first-order chi connectivity index (χ1) is 17.0. The zero-order valence-electron chi connectivity index (χ0n) is 19.6. The molecular formula is C29H28N2O4. The van der Waals surface area contributed by atoms with E-state index >= 15 is 0 Å².